The maximum Gasteiger partial charge on any atom is 0.333 e. The fraction of sp³-hybridized carbons (Fsp3) is 0.400. The Morgan fingerprint density at radius 1 is 1.37 bits per heavy atom. The fourth-order valence-electron chi connectivity index (χ4n) is 3.15. The summed E-state index contributed by atoms with van der Waals surface area (Å²) in [5.41, 5.74) is 0.439. The van der Waals surface area contributed by atoms with Crippen LogP contribution < -0.4 is 0 Å². The summed E-state index contributed by atoms with van der Waals surface area (Å²) in [5, 5.41) is 9.85. The van der Waals surface area contributed by atoms with E-state index < -0.39 is 5.97 Å². The Morgan fingerprint density at radius 3 is 2.90 bits per heavy atom. The van der Waals surface area contributed by atoms with Gasteiger partial charge in [-0.2, -0.15) is 0 Å². The van der Waals surface area contributed by atoms with Crippen LogP contribution in [0.25, 0.3) is 11.4 Å². The number of esters is 1. The number of amides is 1. The number of carbonyl (C=O) groups is 2. The van der Waals surface area contributed by atoms with Crippen LogP contribution in [0.5, 0.6) is 0 Å². The Bertz CT molecular complexity index is 990. The number of nitrogens with zero attached hydrogens (tertiary/aromatic N) is 4. The molecule has 1 saturated carbocycles. The zero-order valence-electron chi connectivity index (χ0n) is 16.4. The van der Waals surface area contributed by atoms with Crippen LogP contribution >= 0.6 is 23.5 Å². The van der Waals surface area contributed by atoms with Crippen molar-refractivity contribution in [2.45, 2.75) is 31.0 Å². The summed E-state index contributed by atoms with van der Waals surface area (Å²) in [6.45, 7) is 2.47. The lowest BCUT2D eigenvalue weighted by Gasteiger charge is -2.16. The highest BCUT2D eigenvalue weighted by atomic mass is 32.2. The van der Waals surface area contributed by atoms with Gasteiger partial charge >= 0.3 is 5.97 Å². The lowest BCUT2D eigenvalue weighted by molar-refractivity contribution is -0.137. The molecule has 1 aliphatic heterocycles. The number of hydrogen-bond donors (Lipinski definition) is 0. The molecule has 0 unspecified atom stereocenters. The van der Waals surface area contributed by atoms with Crippen LogP contribution in [0.4, 0.5) is 4.39 Å². The van der Waals surface area contributed by atoms with Crippen molar-refractivity contribution < 1.29 is 18.7 Å². The van der Waals surface area contributed by atoms with E-state index in [4.69, 9.17) is 4.74 Å². The Labute approximate surface area is 182 Å². The lowest BCUT2D eigenvalue weighted by atomic mass is 10.2. The minimum absolute atomic E-state index is 0.0353. The summed E-state index contributed by atoms with van der Waals surface area (Å²) in [7, 11) is 0. The maximum absolute atomic E-state index is 14.3. The van der Waals surface area contributed by atoms with Crippen molar-refractivity contribution in [1.82, 2.24) is 19.7 Å². The molecule has 0 radical (unpaired) electrons. The van der Waals surface area contributed by atoms with Gasteiger partial charge in [0.15, 0.2) is 11.0 Å². The second kappa shape index (κ2) is 9.22. The van der Waals surface area contributed by atoms with Crippen molar-refractivity contribution in [2.75, 3.05) is 24.7 Å². The quantitative estimate of drug-likeness (QED) is 0.348. The van der Waals surface area contributed by atoms with Crippen LogP contribution in [0, 0.1) is 5.82 Å². The molecule has 2 aromatic rings. The number of aromatic nitrogens is 3. The van der Waals surface area contributed by atoms with Crippen LogP contribution in [0.15, 0.2) is 40.5 Å². The molecule has 2 heterocycles. The third kappa shape index (κ3) is 4.54. The molecule has 0 N–H and O–H groups in total. The second-order valence-electron chi connectivity index (χ2n) is 6.80. The van der Waals surface area contributed by atoms with E-state index in [0.29, 0.717) is 39.6 Å². The molecule has 30 heavy (non-hydrogen) atoms. The number of thioether (sulfide) groups is 2. The van der Waals surface area contributed by atoms with E-state index in [2.05, 4.69) is 10.2 Å². The average molecular weight is 449 g/mol. The van der Waals surface area contributed by atoms with Crippen LogP contribution in [0.3, 0.4) is 0 Å². The van der Waals surface area contributed by atoms with Gasteiger partial charge in [0.2, 0.25) is 5.91 Å². The van der Waals surface area contributed by atoms with E-state index in [1.165, 1.54) is 35.7 Å². The molecule has 1 aromatic heterocycles. The van der Waals surface area contributed by atoms with Crippen molar-refractivity contribution in [3.8, 4) is 11.4 Å². The Morgan fingerprint density at radius 2 is 2.17 bits per heavy atom. The summed E-state index contributed by atoms with van der Waals surface area (Å²) in [6.07, 6.45) is 3.40. The highest BCUT2D eigenvalue weighted by Gasteiger charge is 2.31. The number of hydrogen-bond acceptors (Lipinski definition) is 7. The Balaban J connectivity index is 1.46. The topological polar surface area (TPSA) is 77.3 Å². The summed E-state index contributed by atoms with van der Waals surface area (Å²) in [4.78, 5) is 25.5. The summed E-state index contributed by atoms with van der Waals surface area (Å²) in [5.74, 6) is 0.619. The number of rotatable bonds is 8. The molecule has 2 fully saturated rings. The van der Waals surface area contributed by atoms with Gasteiger partial charge in [0, 0.05) is 18.3 Å². The van der Waals surface area contributed by atoms with Crippen molar-refractivity contribution >= 4 is 35.4 Å². The third-order valence-electron chi connectivity index (χ3n) is 4.68. The number of benzene rings is 1. The average Bonchev–Trinajstić information content (AvgIpc) is 3.40. The molecule has 0 atom stereocenters. The molecule has 1 amide bonds. The van der Waals surface area contributed by atoms with E-state index in [0.717, 1.165) is 12.8 Å². The molecule has 10 heteroatoms. The molecule has 7 nitrogen and oxygen atoms in total. The van der Waals surface area contributed by atoms with Gasteiger partial charge in [-0.3, -0.25) is 9.36 Å². The Kier molecular flexibility index (Phi) is 6.43. The van der Waals surface area contributed by atoms with Gasteiger partial charge in [0.05, 0.1) is 29.0 Å². The van der Waals surface area contributed by atoms with Gasteiger partial charge in [0.25, 0.3) is 0 Å². The zero-order chi connectivity index (χ0) is 21.1. The highest BCUT2D eigenvalue weighted by Crippen LogP contribution is 2.41. The molecule has 1 aromatic carbocycles. The standard InChI is InChI=1S/C20H21FN4O3S2/c1-2-28-18(27)11-17-24(16(26)12-30-17)9-10-29-20-23-22-19(25(20)13-7-8-13)14-5-3-4-6-15(14)21/h3-6,11,13H,2,7-10,12H2,1H3. The Hall–Kier alpha value is -2.33. The summed E-state index contributed by atoms with van der Waals surface area (Å²) >= 11 is 2.81. The van der Waals surface area contributed by atoms with Crippen LogP contribution in [-0.4, -0.2) is 56.2 Å². The summed E-state index contributed by atoms with van der Waals surface area (Å²) in [6, 6.07) is 6.84. The van der Waals surface area contributed by atoms with E-state index in [9.17, 15) is 14.0 Å². The molecule has 1 aliphatic carbocycles. The predicted octanol–water partition coefficient (Wildman–Crippen LogP) is 3.49. The maximum atomic E-state index is 14.3. The summed E-state index contributed by atoms with van der Waals surface area (Å²) < 4.78 is 21.2. The van der Waals surface area contributed by atoms with Gasteiger partial charge < -0.3 is 9.64 Å². The molecular weight excluding hydrogens is 427 g/mol. The van der Waals surface area contributed by atoms with Gasteiger partial charge in [-0.15, -0.1) is 10.2 Å². The van der Waals surface area contributed by atoms with Gasteiger partial charge in [-0.05, 0) is 31.9 Å². The number of ether oxygens (including phenoxy) is 1. The first-order chi connectivity index (χ1) is 14.6. The minimum atomic E-state index is -0.449. The van der Waals surface area contributed by atoms with Crippen molar-refractivity contribution in [2.24, 2.45) is 0 Å². The van der Waals surface area contributed by atoms with Gasteiger partial charge in [-0.1, -0.05) is 35.7 Å². The SMILES string of the molecule is CCOC(=O)C=C1SCC(=O)N1CCSc1nnc(-c2ccccc2F)n1C1CC1. The lowest BCUT2D eigenvalue weighted by Crippen LogP contribution is -2.27. The molecular formula is C20H21FN4O3S2. The van der Waals surface area contributed by atoms with Gasteiger partial charge in [-0.25, -0.2) is 9.18 Å². The van der Waals surface area contributed by atoms with E-state index in [1.54, 1.807) is 30.0 Å². The zero-order valence-corrected chi connectivity index (χ0v) is 18.0. The minimum Gasteiger partial charge on any atom is -0.463 e. The molecule has 0 spiro atoms. The molecule has 1 saturated heterocycles. The van der Waals surface area contributed by atoms with E-state index >= 15 is 0 Å². The van der Waals surface area contributed by atoms with Crippen molar-refractivity contribution in [3.05, 3.63) is 41.2 Å². The largest absolute Gasteiger partial charge is 0.463 e. The number of halogens is 1. The van der Waals surface area contributed by atoms with Crippen LogP contribution in [0.2, 0.25) is 0 Å². The fourth-order valence-corrected chi connectivity index (χ4v) is 5.03. The van der Waals surface area contributed by atoms with E-state index in [-0.39, 0.29) is 24.4 Å². The molecule has 158 valence electrons. The highest BCUT2D eigenvalue weighted by molar-refractivity contribution is 8.04. The number of carbonyl (C=O) groups excluding carboxylic acids is 2. The molecule has 0 bridgehead atoms. The first-order valence-corrected chi connectivity index (χ1v) is 11.7. The van der Waals surface area contributed by atoms with E-state index in [1.807, 2.05) is 4.57 Å². The first kappa shape index (κ1) is 20.9. The third-order valence-corrected chi connectivity index (χ3v) is 6.62. The van der Waals surface area contributed by atoms with Crippen molar-refractivity contribution in [3.63, 3.8) is 0 Å². The molecule has 2 aliphatic rings. The van der Waals surface area contributed by atoms with Crippen LogP contribution in [0.1, 0.15) is 25.8 Å². The predicted molar refractivity (Wildman–Crippen MR) is 113 cm³/mol. The normalized spacial score (nSPS) is 17.7. The van der Waals surface area contributed by atoms with Gasteiger partial charge in [0.1, 0.15) is 5.82 Å². The monoisotopic (exact) mass is 448 g/mol. The smallest absolute Gasteiger partial charge is 0.333 e. The molecule has 4 rings (SSSR count). The first-order valence-electron chi connectivity index (χ1n) is 9.72. The van der Waals surface area contributed by atoms with Crippen LogP contribution in [-0.2, 0) is 14.3 Å². The second-order valence-corrected chi connectivity index (χ2v) is 8.86. The van der Waals surface area contributed by atoms with Crippen molar-refractivity contribution in [1.29, 1.82) is 0 Å².